The Morgan fingerprint density at radius 2 is 1.74 bits per heavy atom. The van der Waals surface area contributed by atoms with Crippen molar-refractivity contribution in [3.05, 3.63) is 55.1 Å². The molecular formula is C12H6Br2Cl2N2O. The zero-order chi connectivity index (χ0) is 14.0. The number of benzene rings is 1. The summed E-state index contributed by atoms with van der Waals surface area (Å²) in [6.45, 7) is 0. The number of amides is 1. The van der Waals surface area contributed by atoms with Crippen LogP contribution in [0, 0.1) is 0 Å². The molecule has 1 aromatic carbocycles. The number of hydrogen-bond acceptors (Lipinski definition) is 2. The van der Waals surface area contributed by atoms with Gasteiger partial charge in [-0.15, -0.1) is 0 Å². The number of carbonyl (C=O) groups excluding carboxylic acids is 1. The van der Waals surface area contributed by atoms with Crippen LogP contribution in [-0.2, 0) is 0 Å². The second-order valence-electron chi connectivity index (χ2n) is 3.56. The number of nitrogens with zero attached hydrogens (tertiary/aromatic N) is 1. The fraction of sp³-hybridized carbons (Fsp3) is 0. The quantitative estimate of drug-likeness (QED) is 0.723. The molecule has 0 spiro atoms. The maximum absolute atomic E-state index is 12.0. The minimum atomic E-state index is -0.376. The Bertz CT molecular complexity index is 609. The standard InChI is InChI=1S/C12H6Br2Cl2N2O/c13-6-1-2-10(17-5-6)12(19)18-11-8(15)3-7(14)4-9(11)16/h1-5H,(H,18,19). The molecular weight excluding hydrogens is 419 g/mol. The SMILES string of the molecule is O=C(Nc1c(Cl)cc(Br)cc1Cl)c1ccc(Br)cn1. The Kier molecular flexibility index (Phi) is 4.84. The molecule has 0 saturated heterocycles. The molecule has 1 heterocycles. The molecule has 2 rings (SSSR count). The lowest BCUT2D eigenvalue weighted by molar-refractivity contribution is 0.102. The van der Waals surface area contributed by atoms with Gasteiger partial charge in [-0.1, -0.05) is 39.1 Å². The van der Waals surface area contributed by atoms with Gasteiger partial charge in [-0.05, 0) is 40.2 Å². The minimum absolute atomic E-state index is 0.276. The third-order valence-electron chi connectivity index (χ3n) is 2.21. The highest BCUT2D eigenvalue weighted by Gasteiger charge is 2.13. The molecule has 0 radical (unpaired) electrons. The molecule has 0 atom stereocenters. The minimum Gasteiger partial charge on any atom is -0.318 e. The Balaban J connectivity index is 2.26. The first-order valence-electron chi connectivity index (χ1n) is 5.05. The van der Waals surface area contributed by atoms with E-state index in [2.05, 4.69) is 42.2 Å². The van der Waals surface area contributed by atoms with Crippen molar-refractivity contribution in [1.82, 2.24) is 4.98 Å². The Morgan fingerprint density at radius 3 is 2.26 bits per heavy atom. The molecule has 0 fully saturated rings. The number of pyridine rings is 1. The fourth-order valence-corrected chi connectivity index (χ4v) is 2.89. The van der Waals surface area contributed by atoms with Crippen molar-refractivity contribution in [2.45, 2.75) is 0 Å². The number of anilines is 1. The first-order chi connectivity index (χ1) is 8.97. The van der Waals surface area contributed by atoms with Gasteiger partial charge in [0.25, 0.3) is 5.91 Å². The van der Waals surface area contributed by atoms with E-state index in [1.54, 1.807) is 30.5 Å². The number of aromatic nitrogens is 1. The summed E-state index contributed by atoms with van der Waals surface area (Å²) >= 11 is 18.6. The van der Waals surface area contributed by atoms with Gasteiger partial charge in [0, 0.05) is 15.1 Å². The Hall–Kier alpha value is -0.620. The van der Waals surface area contributed by atoms with E-state index in [0.29, 0.717) is 15.7 Å². The first kappa shape index (κ1) is 14.8. The first-order valence-corrected chi connectivity index (χ1v) is 7.39. The van der Waals surface area contributed by atoms with Crippen LogP contribution in [0.5, 0.6) is 0 Å². The molecule has 0 unspecified atom stereocenters. The van der Waals surface area contributed by atoms with E-state index in [4.69, 9.17) is 23.2 Å². The van der Waals surface area contributed by atoms with Crippen molar-refractivity contribution < 1.29 is 4.79 Å². The molecule has 0 bridgehead atoms. The van der Waals surface area contributed by atoms with E-state index >= 15 is 0 Å². The van der Waals surface area contributed by atoms with E-state index in [0.717, 1.165) is 8.95 Å². The van der Waals surface area contributed by atoms with Crippen LogP contribution in [0.25, 0.3) is 0 Å². The van der Waals surface area contributed by atoms with Crippen LogP contribution in [0.2, 0.25) is 10.0 Å². The highest BCUT2D eigenvalue weighted by Crippen LogP contribution is 2.34. The van der Waals surface area contributed by atoms with Gasteiger partial charge in [0.2, 0.25) is 0 Å². The second-order valence-corrected chi connectivity index (χ2v) is 6.21. The summed E-state index contributed by atoms with van der Waals surface area (Å²) in [6.07, 6.45) is 1.54. The molecule has 0 aliphatic carbocycles. The number of hydrogen-bond donors (Lipinski definition) is 1. The molecule has 2 aromatic rings. The van der Waals surface area contributed by atoms with Gasteiger partial charge in [0.05, 0.1) is 15.7 Å². The Labute approximate surface area is 136 Å². The lowest BCUT2D eigenvalue weighted by Crippen LogP contribution is -2.14. The maximum atomic E-state index is 12.0. The van der Waals surface area contributed by atoms with Crippen LogP contribution in [0.15, 0.2) is 39.4 Å². The van der Waals surface area contributed by atoms with Crippen molar-refractivity contribution in [1.29, 1.82) is 0 Å². The molecule has 1 N–H and O–H groups in total. The van der Waals surface area contributed by atoms with Crippen LogP contribution in [0.4, 0.5) is 5.69 Å². The predicted octanol–water partition coefficient (Wildman–Crippen LogP) is 5.17. The van der Waals surface area contributed by atoms with E-state index in [-0.39, 0.29) is 11.6 Å². The monoisotopic (exact) mass is 422 g/mol. The summed E-state index contributed by atoms with van der Waals surface area (Å²) in [5.41, 5.74) is 0.638. The molecule has 0 aliphatic rings. The van der Waals surface area contributed by atoms with Gasteiger partial charge in [-0.3, -0.25) is 4.79 Å². The van der Waals surface area contributed by atoms with Gasteiger partial charge in [-0.25, -0.2) is 4.98 Å². The molecule has 0 saturated carbocycles. The highest BCUT2D eigenvalue weighted by molar-refractivity contribution is 9.10. The highest BCUT2D eigenvalue weighted by atomic mass is 79.9. The molecule has 1 amide bonds. The van der Waals surface area contributed by atoms with Crippen molar-refractivity contribution >= 4 is 66.7 Å². The van der Waals surface area contributed by atoms with E-state index in [1.807, 2.05) is 0 Å². The molecule has 1 aromatic heterocycles. The zero-order valence-corrected chi connectivity index (χ0v) is 13.9. The summed E-state index contributed by atoms with van der Waals surface area (Å²) < 4.78 is 1.53. The summed E-state index contributed by atoms with van der Waals surface area (Å²) in [5, 5.41) is 3.34. The van der Waals surface area contributed by atoms with Crippen LogP contribution in [-0.4, -0.2) is 10.9 Å². The van der Waals surface area contributed by atoms with E-state index in [9.17, 15) is 4.79 Å². The van der Waals surface area contributed by atoms with Crippen LogP contribution in [0.3, 0.4) is 0 Å². The van der Waals surface area contributed by atoms with Crippen LogP contribution in [0.1, 0.15) is 10.5 Å². The molecule has 7 heteroatoms. The molecule has 0 aliphatic heterocycles. The van der Waals surface area contributed by atoms with Crippen molar-refractivity contribution in [3.8, 4) is 0 Å². The van der Waals surface area contributed by atoms with Crippen molar-refractivity contribution in [2.24, 2.45) is 0 Å². The summed E-state index contributed by atoms with van der Waals surface area (Å²) in [5.74, 6) is -0.376. The van der Waals surface area contributed by atoms with Gasteiger partial charge in [0.1, 0.15) is 5.69 Å². The fourth-order valence-electron chi connectivity index (χ4n) is 1.35. The predicted molar refractivity (Wildman–Crippen MR) is 84.1 cm³/mol. The second kappa shape index (κ2) is 6.22. The maximum Gasteiger partial charge on any atom is 0.274 e. The lowest BCUT2D eigenvalue weighted by Gasteiger charge is -2.09. The molecule has 3 nitrogen and oxygen atoms in total. The third-order valence-corrected chi connectivity index (χ3v) is 3.73. The molecule has 98 valence electrons. The zero-order valence-electron chi connectivity index (χ0n) is 9.25. The summed E-state index contributed by atoms with van der Waals surface area (Å²) in [6, 6.07) is 6.63. The van der Waals surface area contributed by atoms with Crippen LogP contribution < -0.4 is 5.32 Å². The number of rotatable bonds is 2. The van der Waals surface area contributed by atoms with E-state index < -0.39 is 0 Å². The largest absolute Gasteiger partial charge is 0.318 e. The number of carbonyl (C=O) groups is 1. The van der Waals surface area contributed by atoms with Gasteiger partial charge < -0.3 is 5.32 Å². The average molecular weight is 425 g/mol. The van der Waals surface area contributed by atoms with Crippen LogP contribution >= 0.6 is 55.1 Å². The number of nitrogens with one attached hydrogen (secondary N) is 1. The van der Waals surface area contributed by atoms with Gasteiger partial charge in [0.15, 0.2) is 0 Å². The summed E-state index contributed by atoms with van der Waals surface area (Å²) in [4.78, 5) is 16.0. The van der Waals surface area contributed by atoms with Crippen molar-refractivity contribution in [3.63, 3.8) is 0 Å². The lowest BCUT2D eigenvalue weighted by atomic mass is 10.3. The Morgan fingerprint density at radius 1 is 1.11 bits per heavy atom. The number of halogens is 4. The normalized spacial score (nSPS) is 10.3. The third kappa shape index (κ3) is 3.69. The summed E-state index contributed by atoms with van der Waals surface area (Å²) in [7, 11) is 0. The average Bonchev–Trinajstić information content (AvgIpc) is 2.34. The topological polar surface area (TPSA) is 42.0 Å². The van der Waals surface area contributed by atoms with Gasteiger partial charge >= 0.3 is 0 Å². The smallest absolute Gasteiger partial charge is 0.274 e. The molecule has 19 heavy (non-hydrogen) atoms. The van der Waals surface area contributed by atoms with Gasteiger partial charge in [-0.2, -0.15) is 0 Å². The van der Waals surface area contributed by atoms with Crippen molar-refractivity contribution in [2.75, 3.05) is 5.32 Å². The van der Waals surface area contributed by atoms with E-state index in [1.165, 1.54) is 0 Å².